The molecule has 0 spiro atoms. The average molecular weight is 461 g/mol. The molecule has 0 aromatic heterocycles. The first-order valence-electron chi connectivity index (χ1n) is 13.0. The minimum atomic E-state index is 0.961. The average Bonchev–Trinajstić information content (AvgIpc) is 2.89. The quantitative estimate of drug-likeness (QED) is 0.326. The third kappa shape index (κ3) is 15.3. The monoisotopic (exact) mass is 460 g/mol. The molecule has 188 valence electrons. The van der Waals surface area contributed by atoms with Crippen molar-refractivity contribution in [3.63, 3.8) is 0 Å². The normalized spacial score (nSPS) is 10.6. The lowest BCUT2D eigenvalue weighted by molar-refractivity contribution is 0.905. The van der Waals surface area contributed by atoms with Crippen LogP contribution in [0.25, 0.3) is 5.57 Å². The first-order valence-corrected chi connectivity index (χ1v) is 13.0. The molecule has 0 saturated carbocycles. The van der Waals surface area contributed by atoms with E-state index in [-0.39, 0.29) is 0 Å². The van der Waals surface area contributed by atoms with Gasteiger partial charge in [0.2, 0.25) is 0 Å². The lowest BCUT2D eigenvalue weighted by Gasteiger charge is -2.06. The minimum absolute atomic E-state index is 0.961. The molecule has 2 aromatic carbocycles. The van der Waals surface area contributed by atoms with Crippen molar-refractivity contribution >= 4 is 5.57 Å². The highest BCUT2D eigenvalue weighted by Crippen LogP contribution is 2.19. The maximum absolute atomic E-state index is 4.13. The van der Waals surface area contributed by atoms with Crippen molar-refractivity contribution in [2.45, 2.75) is 93.9 Å². The fourth-order valence-corrected chi connectivity index (χ4v) is 3.12. The van der Waals surface area contributed by atoms with E-state index in [0.717, 1.165) is 25.7 Å². The van der Waals surface area contributed by atoms with Crippen LogP contribution in [-0.2, 0) is 12.8 Å². The topological polar surface area (TPSA) is 0 Å². The molecule has 2 rings (SSSR count). The zero-order valence-corrected chi connectivity index (χ0v) is 23.6. The van der Waals surface area contributed by atoms with E-state index in [1.165, 1.54) is 51.8 Å². The molecule has 0 heteroatoms. The van der Waals surface area contributed by atoms with Gasteiger partial charge in [-0.1, -0.05) is 125 Å². The predicted molar refractivity (Wildman–Crippen MR) is 160 cm³/mol. The van der Waals surface area contributed by atoms with Crippen LogP contribution in [0.4, 0.5) is 0 Å². The Kier molecular flexibility index (Phi) is 21.9. The molecule has 0 N–H and O–H groups in total. The zero-order valence-electron chi connectivity index (χ0n) is 23.6. The van der Waals surface area contributed by atoms with Crippen molar-refractivity contribution in [1.82, 2.24) is 0 Å². The van der Waals surface area contributed by atoms with E-state index in [4.69, 9.17) is 0 Å². The fraction of sp³-hybridized carbons (Fsp3) is 0.412. The van der Waals surface area contributed by atoms with E-state index in [1.807, 2.05) is 13.8 Å². The summed E-state index contributed by atoms with van der Waals surface area (Å²) in [6, 6.07) is 17.3. The summed E-state index contributed by atoms with van der Waals surface area (Å²) in [5, 5.41) is 0. The van der Waals surface area contributed by atoms with Crippen molar-refractivity contribution in [3.05, 3.63) is 114 Å². The lowest BCUT2D eigenvalue weighted by Crippen LogP contribution is -1.92. The summed E-state index contributed by atoms with van der Waals surface area (Å²) in [5.41, 5.74) is 9.68. The van der Waals surface area contributed by atoms with Crippen LogP contribution in [-0.4, -0.2) is 0 Å². The van der Waals surface area contributed by atoms with Crippen LogP contribution >= 0.6 is 0 Å². The summed E-state index contributed by atoms with van der Waals surface area (Å²) in [6.45, 7) is 27.3. The molecule has 0 aliphatic heterocycles. The van der Waals surface area contributed by atoms with E-state index >= 15 is 0 Å². The molecule has 0 nitrogen and oxygen atoms in total. The highest BCUT2D eigenvalue weighted by atomic mass is 14.0. The van der Waals surface area contributed by atoms with Gasteiger partial charge < -0.3 is 0 Å². The standard InChI is InChI=1S/C15H20.C15H22.C2H6.C2H4/c1-5-12(2)9-10-14(4)15-8-6-7-13(3)11-15;1-4-8-14-9-6-7-10-15(14)12-11-13(3)5-2;2*1-2/h6-9,11H,4-5,10H2,1-3H3;6-7,9-11H,4-5,8,12H2,1-3H3;1-2H3;1-2H2/b12-9+;13-11+;;. The Bertz CT molecular complexity index is 848. The number of aryl methyl sites for hydroxylation is 2. The Morgan fingerprint density at radius 2 is 1.35 bits per heavy atom. The van der Waals surface area contributed by atoms with Crippen molar-refractivity contribution < 1.29 is 0 Å². The summed E-state index contributed by atoms with van der Waals surface area (Å²) in [4.78, 5) is 0. The number of benzene rings is 2. The van der Waals surface area contributed by atoms with E-state index in [9.17, 15) is 0 Å². The highest BCUT2D eigenvalue weighted by molar-refractivity contribution is 5.65. The van der Waals surface area contributed by atoms with Gasteiger partial charge in [-0.3, -0.25) is 0 Å². The lowest BCUT2D eigenvalue weighted by atomic mass is 9.99. The van der Waals surface area contributed by atoms with Gasteiger partial charge in [-0.25, -0.2) is 0 Å². The van der Waals surface area contributed by atoms with Crippen molar-refractivity contribution in [2.24, 2.45) is 0 Å². The second kappa shape index (κ2) is 22.2. The molecule has 0 aliphatic rings. The number of rotatable bonds is 9. The van der Waals surface area contributed by atoms with Gasteiger partial charge in [0.25, 0.3) is 0 Å². The van der Waals surface area contributed by atoms with Crippen LogP contribution in [0.15, 0.2) is 91.6 Å². The van der Waals surface area contributed by atoms with Gasteiger partial charge >= 0.3 is 0 Å². The second-order valence-electron chi connectivity index (χ2n) is 8.21. The fourth-order valence-electron chi connectivity index (χ4n) is 3.12. The summed E-state index contributed by atoms with van der Waals surface area (Å²) in [5.74, 6) is 0. The predicted octanol–water partition coefficient (Wildman–Crippen LogP) is 11.1. The number of hydrogen-bond acceptors (Lipinski definition) is 0. The minimum Gasteiger partial charge on any atom is -0.106 e. The third-order valence-electron chi connectivity index (χ3n) is 5.55. The highest BCUT2D eigenvalue weighted by Gasteiger charge is 1.99. The maximum atomic E-state index is 4.13. The molecule has 0 heterocycles. The van der Waals surface area contributed by atoms with Gasteiger partial charge in [0.1, 0.15) is 0 Å². The van der Waals surface area contributed by atoms with E-state index in [2.05, 4.69) is 122 Å². The molecule has 34 heavy (non-hydrogen) atoms. The molecular weight excluding hydrogens is 408 g/mol. The Morgan fingerprint density at radius 1 is 0.794 bits per heavy atom. The first-order chi connectivity index (χ1) is 16.4. The maximum Gasteiger partial charge on any atom is -0.00921 e. The van der Waals surface area contributed by atoms with E-state index in [0.29, 0.717) is 0 Å². The van der Waals surface area contributed by atoms with E-state index < -0.39 is 0 Å². The van der Waals surface area contributed by atoms with Crippen LogP contribution in [0.3, 0.4) is 0 Å². The van der Waals surface area contributed by atoms with Gasteiger partial charge in [-0.2, -0.15) is 0 Å². The molecule has 0 bridgehead atoms. The van der Waals surface area contributed by atoms with Crippen LogP contribution in [0.2, 0.25) is 0 Å². The van der Waals surface area contributed by atoms with Crippen LogP contribution in [0.5, 0.6) is 0 Å². The van der Waals surface area contributed by atoms with Crippen molar-refractivity contribution in [1.29, 1.82) is 0 Å². The van der Waals surface area contributed by atoms with Crippen molar-refractivity contribution in [2.75, 3.05) is 0 Å². The Hall–Kier alpha value is -2.60. The molecule has 0 fully saturated rings. The Morgan fingerprint density at radius 3 is 1.88 bits per heavy atom. The summed E-state index contributed by atoms with van der Waals surface area (Å²) < 4.78 is 0. The molecule has 2 aromatic rings. The van der Waals surface area contributed by atoms with Gasteiger partial charge in [0, 0.05) is 0 Å². The van der Waals surface area contributed by atoms with Gasteiger partial charge in [0.05, 0.1) is 0 Å². The molecule has 0 aliphatic carbocycles. The van der Waals surface area contributed by atoms with Crippen LogP contribution in [0.1, 0.15) is 96.4 Å². The molecule has 0 amide bonds. The summed E-state index contributed by atoms with van der Waals surface area (Å²) in [7, 11) is 0. The smallest absolute Gasteiger partial charge is 0.00921 e. The second-order valence-corrected chi connectivity index (χ2v) is 8.21. The zero-order chi connectivity index (χ0) is 26.4. The first kappa shape index (κ1) is 33.6. The SMILES string of the molecule is C=C.C=C(C/C=C(\C)CC)c1cccc(C)c1.CC.CCCc1ccccc1C/C=C(\C)CC. The molecule has 0 unspecified atom stereocenters. The summed E-state index contributed by atoms with van der Waals surface area (Å²) in [6.07, 6.45) is 11.4. The molecular formula is C34H52. The summed E-state index contributed by atoms with van der Waals surface area (Å²) >= 11 is 0. The van der Waals surface area contributed by atoms with Crippen LogP contribution in [0, 0.1) is 6.92 Å². The Labute approximate surface area is 213 Å². The van der Waals surface area contributed by atoms with Crippen LogP contribution < -0.4 is 0 Å². The third-order valence-corrected chi connectivity index (χ3v) is 5.55. The van der Waals surface area contributed by atoms with Gasteiger partial charge in [0.15, 0.2) is 0 Å². The molecule has 0 radical (unpaired) electrons. The molecule has 0 saturated heterocycles. The number of hydrogen-bond donors (Lipinski definition) is 0. The number of allylic oxidation sites excluding steroid dienone is 5. The largest absolute Gasteiger partial charge is 0.106 e. The van der Waals surface area contributed by atoms with Gasteiger partial charge in [-0.05, 0) is 75.1 Å². The van der Waals surface area contributed by atoms with Gasteiger partial charge in [-0.15, -0.1) is 13.2 Å². The van der Waals surface area contributed by atoms with Crippen molar-refractivity contribution in [3.8, 4) is 0 Å². The molecule has 0 atom stereocenters. The Balaban J connectivity index is 0. The van der Waals surface area contributed by atoms with E-state index in [1.54, 1.807) is 0 Å².